The molecule has 158 valence electrons. The molecule has 8 nitrogen and oxygen atoms in total. The van der Waals surface area contributed by atoms with E-state index in [1.54, 1.807) is 6.92 Å². The van der Waals surface area contributed by atoms with Gasteiger partial charge in [-0.2, -0.15) is 18.2 Å². The highest BCUT2D eigenvalue weighted by Gasteiger charge is 2.57. The lowest BCUT2D eigenvalue weighted by atomic mass is 9.93. The van der Waals surface area contributed by atoms with Crippen LogP contribution >= 0.6 is 0 Å². The third-order valence-electron chi connectivity index (χ3n) is 5.19. The van der Waals surface area contributed by atoms with Crippen LogP contribution in [-0.2, 0) is 21.7 Å². The monoisotopic (exact) mass is 422 g/mol. The van der Waals surface area contributed by atoms with Gasteiger partial charge in [-0.3, -0.25) is 4.79 Å². The van der Waals surface area contributed by atoms with E-state index in [4.69, 9.17) is 9.47 Å². The maximum absolute atomic E-state index is 13.5. The summed E-state index contributed by atoms with van der Waals surface area (Å²) in [5.41, 5.74) is -2.14. The molecule has 11 heteroatoms. The summed E-state index contributed by atoms with van der Waals surface area (Å²) in [5.74, 6) is -0.583. The molecule has 1 unspecified atom stereocenters. The number of aromatic nitrogens is 2. The van der Waals surface area contributed by atoms with E-state index in [0.29, 0.717) is 12.0 Å². The van der Waals surface area contributed by atoms with E-state index >= 15 is 0 Å². The second-order valence-corrected chi connectivity index (χ2v) is 7.04. The smallest absolute Gasteiger partial charge is 0.421 e. The topological polar surface area (TPSA) is 93.7 Å². The van der Waals surface area contributed by atoms with Crippen LogP contribution in [0.4, 0.5) is 23.7 Å². The lowest BCUT2D eigenvalue weighted by Crippen LogP contribution is -2.39. The molecule has 0 aliphatic carbocycles. The molecule has 3 amide bonds. The van der Waals surface area contributed by atoms with Gasteiger partial charge in [0.05, 0.1) is 12.8 Å². The van der Waals surface area contributed by atoms with Gasteiger partial charge in [-0.1, -0.05) is 13.0 Å². The van der Waals surface area contributed by atoms with E-state index in [1.807, 2.05) is 0 Å². The van der Waals surface area contributed by atoms with Gasteiger partial charge in [-0.05, 0) is 31.0 Å². The van der Waals surface area contributed by atoms with Crippen molar-refractivity contribution in [3.05, 3.63) is 41.9 Å². The summed E-state index contributed by atoms with van der Waals surface area (Å²) in [5, 5.41) is 2.54. The summed E-state index contributed by atoms with van der Waals surface area (Å²) in [4.78, 5) is 33.4. The molecule has 1 saturated heterocycles. The average molecular weight is 422 g/mol. The number of carbonyl (C=O) groups excluding carboxylic acids is 2. The number of hydrogen-bond acceptors (Lipinski definition) is 6. The normalized spacial score (nSPS) is 23.5. The Bertz CT molecular complexity index is 1030. The molecule has 2 aliphatic rings. The minimum absolute atomic E-state index is 0.00807. The molecule has 3 heterocycles. The Kier molecular flexibility index (Phi) is 4.64. The molecule has 0 saturated carbocycles. The first-order valence-corrected chi connectivity index (χ1v) is 9.12. The SMILES string of the molecule is CC[C@H]1NC(=O)N(c2cncnc2Oc2ccc3c(c2)C(C)(C(F)(F)F)OC3)C1=O. The lowest BCUT2D eigenvalue weighted by Gasteiger charge is -2.27. The molecule has 0 spiro atoms. The van der Waals surface area contributed by atoms with E-state index < -0.39 is 29.8 Å². The van der Waals surface area contributed by atoms with Gasteiger partial charge in [0.2, 0.25) is 5.88 Å². The lowest BCUT2D eigenvalue weighted by molar-refractivity contribution is -0.272. The maximum Gasteiger partial charge on any atom is 0.421 e. The van der Waals surface area contributed by atoms with Crippen LogP contribution in [0.1, 0.15) is 31.4 Å². The van der Waals surface area contributed by atoms with Crippen LogP contribution in [0.15, 0.2) is 30.7 Å². The maximum atomic E-state index is 13.5. The molecule has 2 aliphatic heterocycles. The fourth-order valence-electron chi connectivity index (χ4n) is 3.41. The van der Waals surface area contributed by atoms with Gasteiger partial charge in [0, 0.05) is 5.56 Å². The zero-order valence-corrected chi connectivity index (χ0v) is 16.0. The first-order valence-electron chi connectivity index (χ1n) is 9.12. The number of fused-ring (bicyclic) bond motifs is 1. The number of imide groups is 1. The standard InChI is InChI=1S/C19H17F3N4O4/c1-3-13-16(27)26(17(28)25-13)14-7-23-9-24-15(14)30-11-5-4-10-8-29-18(2,12(10)6-11)19(20,21)22/h4-7,9,13H,3,8H2,1-2H3,(H,25,28)/t13-,18?/m1/s1. The number of anilines is 1. The second kappa shape index (κ2) is 6.94. The molecule has 1 N–H and O–H groups in total. The van der Waals surface area contributed by atoms with Crippen molar-refractivity contribution in [3.8, 4) is 11.6 Å². The number of nitrogens with zero attached hydrogens (tertiary/aromatic N) is 3. The molecule has 1 fully saturated rings. The summed E-state index contributed by atoms with van der Waals surface area (Å²) in [7, 11) is 0. The zero-order valence-electron chi connectivity index (χ0n) is 16.0. The van der Waals surface area contributed by atoms with Crippen molar-refractivity contribution in [2.45, 2.75) is 44.7 Å². The van der Waals surface area contributed by atoms with Gasteiger partial charge in [0.15, 0.2) is 5.60 Å². The number of rotatable bonds is 4. The van der Waals surface area contributed by atoms with Crippen LogP contribution in [0.25, 0.3) is 0 Å². The molecule has 0 bridgehead atoms. The quantitative estimate of drug-likeness (QED) is 0.759. The fraction of sp³-hybridized carbons (Fsp3) is 0.368. The minimum Gasteiger partial charge on any atom is -0.437 e. The predicted octanol–water partition coefficient (Wildman–Crippen LogP) is 3.41. The van der Waals surface area contributed by atoms with Crippen LogP contribution in [0.3, 0.4) is 0 Å². The van der Waals surface area contributed by atoms with Gasteiger partial charge in [0.25, 0.3) is 5.91 Å². The molecule has 30 heavy (non-hydrogen) atoms. The van der Waals surface area contributed by atoms with Crippen LogP contribution in [0.5, 0.6) is 11.6 Å². The summed E-state index contributed by atoms with van der Waals surface area (Å²) >= 11 is 0. The van der Waals surface area contributed by atoms with E-state index in [-0.39, 0.29) is 29.5 Å². The van der Waals surface area contributed by atoms with E-state index in [2.05, 4.69) is 15.3 Å². The number of nitrogens with one attached hydrogen (secondary N) is 1. The van der Waals surface area contributed by atoms with Gasteiger partial charge in [-0.15, -0.1) is 0 Å². The second-order valence-electron chi connectivity index (χ2n) is 7.04. The molecule has 2 atom stereocenters. The van der Waals surface area contributed by atoms with Crippen molar-refractivity contribution >= 4 is 17.6 Å². The Balaban J connectivity index is 1.69. The number of amides is 3. The molecule has 1 aromatic heterocycles. The molecule has 0 radical (unpaired) electrons. The largest absolute Gasteiger partial charge is 0.437 e. The first-order chi connectivity index (χ1) is 14.2. The Hall–Kier alpha value is -3.21. The van der Waals surface area contributed by atoms with Crippen molar-refractivity contribution in [1.82, 2.24) is 15.3 Å². The summed E-state index contributed by atoms with van der Waals surface area (Å²) in [6.07, 6.45) is -1.85. The van der Waals surface area contributed by atoms with Gasteiger partial charge >= 0.3 is 12.2 Å². The number of benzene rings is 1. The summed E-state index contributed by atoms with van der Waals surface area (Å²) in [6.45, 7) is 2.53. The molecule has 2 aromatic rings. The average Bonchev–Trinajstić information content (AvgIpc) is 3.19. The van der Waals surface area contributed by atoms with Crippen LogP contribution in [0, 0.1) is 0 Å². The van der Waals surface area contributed by atoms with Crippen molar-refractivity contribution in [1.29, 1.82) is 0 Å². The van der Waals surface area contributed by atoms with Gasteiger partial charge < -0.3 is 14.8 Å². The van der Waals surface area contributed by atoms with Gasteiger partial charge in [0.1, 0.15) is 23.8 Å². The Morgan fingerprint density at radius 1 is 1.37 bits per heavy atom. The van der Waals surface area contributed by atoms with E-state index in [1.165, 1.54) is 24.4 Å². The Labute approximate surface area is 169 Å². The van der Waals surface area contributed by atoms with Crippen molar-refractivity contribution < 1.29 is 32.2 Å². The fourth-order valence-corrected chi connectivity index (χ4v) is 3.41. The highest BCUT2D eigenvalue weighted by molar-refractivity contribution is 6.21. The van der Waals surface area contributed by atoms with Crippen molar-refractivity contribution in [2.24, 2.45) is 0 Å². The first kappa shape index (κ1) is 20.1. The zero-order chi connectivity index (χ0) is 21.7. The number of hydrogen-bond donors (Lipinski definition) is 1. The summed E-state index contributed by atoms with van der Waals surface area (Å²) < 4.78 is 51.3. The molecule has 4 rings (SSSR count). The van der Waals surface area contributed by atoms with Crippen molar-refractivity contribution in [2.75, 3.05) is 4.90 Å². The number of halogens is 3. The molecular formula is C19H17F3N4O4. The number of alkyl halides is 3. The highest BCUT2D eigenvalue weighted by Crippen LogP contribution is 2.49. The van der Waals surface area contributed by atoms with Crippen LogP contribution < -0.4 is 15.0 Å². The molecule has 1 aromatic carbocycles. The van der Waals surface area contributed by atoms with Gasteiger partial charge in [-0.25, -0.2) is 14.7 Å². The number of carbonyl (C=O) groups is 2. The van der Waals surface area contributed by atoms with E-state index in [9.17, 15) is 22.8 Å². The van der Waals surface area contributed by atoms with Crippen LogP contribution in [-0.4, -0.2) is 34.1 Å². The number of ether oxygens (including phenoxy) is 2. The highest BCUT2D eigenvalue weighted by atomic mass is 19.4. The predicted molar refractivity (Wildman–Crippen MR) is 96.8 cm³/mol. The Morgan fingerprint density at radius 3 is 2.80 bits per heavy atom. The van der Waals surface area contributed by atoms with Crippen LogP contribution in [0.2, 0.25) is 0 Å². The summed E-state index contributed by atoms with van der Waals surface area (Å²) in [6, 6.07) is 2.83. The minimum atomic E-state index is -4.62. The van der Waals surface area contributed by atoms with E-state index in [0.717, 1.165) is 18.2 Å². The molecular weight excluding hydrogens is 405 g/mol. The number of urea groups is 1. The third-order valence-corrected chi connectivity index (χ3v) is 5.19. The van der Waals surface area contributed by atoms with Crippen molar-refractivity contribution in [3.63, 3.8) is 0 Å². The third kappa shape index (κ3) is 3.05. The Morgan fingerprint density at radius 2 is 2.13 bits per heavy atom.